The van der Waals surface area contributed by atoms with Crippen LogP contribution in [0.1, 0.15) is 26.3 Å². The Balaban J connectivity index is 1.75. The molecule has 0 heterocycles. The van der Waals surface area contributed by atoms with Crippen LogP contribution >= 0.6 is 0 Å². The monoisotopic (exact) mass is 342 g/mol. The molecule has 0 bridgehead atoms. The van der Waals surface area contributed by atoms with Crippen LogP contribution < -0.4 is 11.1 Å². The number of nitrogens with one attached hydrogen (secondary N) is 1. The summed E-state index contributed by atoms with van der Waals surface area (Å²) in [6, 6.07) is 21.9. The number of benzene rings is 3. The predicted octanol–water partition coefficient (Wildman–Crippen LogP) is 4.35. The summed E-state index contributed by atoms with van der Waals surface area (Å²) in [4.78, 5) is 23.6. The highest BCUT2D eigenvalue weighted by molar-refractivity contribution is 6.05. The van der Waals surface area contributed by atoms with E-state index >= 15 is 0 Å². The molecule has 0 fully saturated rings. The van der Waals surface area contributed by atoms with Gasteiger partial charge in [-0.1, -0.05) is 55.1 Å². The maximum atomic E-state index is 12.4. The topological polar surface area (TPSA) is 72.2 Å². The largest absolute Gasteiger partial charge is 0.366 e. The summed E-state index contributed by atoms with van der Waals surface area (Å²) in [5, 5.41) is 2.77. The highest BCUT2D eigenvalue weighted by atomic mass is 16.2. The van der Waals surface area contributed by atoms with Gasteiger partial charge >= 0.3 is 0 Å². The van der Waals surface area contributed by atoms with Crippen molar-refractivity contribution in [2.24, 2.45) is 5.73 Å². The van der Waals surface area contributed by atoms with Crippen molar-refractivity contribution < 1.29 is 9.59 Å². The van der Waals surface area contributed by atoms with Gasteiger partial charge in [-0.3, -0.25) is 9.59 Å². The zero-order chi connectivity index (χ0) is 18.5. The molecule has 0 aliphatic carbocycles. The number of carbonyl (C=O) groups is 2. The molecule has 3 rings (SSSR count). The van der Waals surface area contributed by atoms with Crippen molar-refractivity contribution in [3.63, 3.8) is 0 Å². The first kappa shape index (κ1) is 17.2. The van der Waals surface area contributed by atoms with E-state index in [0.717, 1.165) is 16.7 Å². The normalized spacial score (nSPS) is 10.2. The first-order valence-electron chi connectivity index (χ1n) is 8.11. The minimum absolute atomic E-state index is 0.250. The fourth-order valence-corrected chi connectivity index (χ4v) is 2.58. The summed E-state index contributed by atoms with van der Waals surface area (Å²) in [7, 11) is 0. The van der Waals surface area contributed by atoms with Gasteiger partial charge in [-0.25, -0.2) is 0 Å². The van der Waals surface area contributed by atoms with Gasteiger partial charge in [0.15, 0.2) is 0 Å². The smallest absolute Gasteiger partial charge is 0.255 e. The molecule has 0 saturated carbocycles. The highest BCUT2D eigenvalue weighted by Gasteiger charge is 2.08. The van der Waals surface area contributed by atoms with E-state index in [9.17, 15) is 9.59 Å². The first-order valence-corrected chi connectivity index (χ1v) is 8.11. The van der Waals surface area contributed by atoms with Crippen LogP contribution in [0.15, 0.2) is 79.4 Å². The Labute approximate surface area is 152 Å². The molecule has 128 valence electrons. The first-order chi connectivity index (χ1) is 12.6. The second-order valence-corrected chi connectivity index (χ2v) is 5.80. The maximum Gasteiger partial charge on any atom is 0.255 e. The molecule has 0 spiro atoms. The third kappa shape index (κ3) is 3.87. The molecular weight excluding hydrogens is 324 g/mol. The lowest BCUT2D eigenvalue weighted by Crippen LogP contribution is -2.14. The van der Waals surface area contributed by atoms with Gasteiger partial charge in [0.05, 0.1) is 0 Å². The van der Waals surface area contributed by atoms with Crippen LogP contribution in [-0.2, 0) is 0 Å². The van der Waals surface area contributed by atoms with Gasteiger partial charge < -0.3 is 11.1 Å². The fourth-order valence-electron chi connectivity index (χ4n) is 2.58. The summed E-state index contributed by atoms with van der Waals surface area (Å²) in [5.41, 5.74) is 9.80. The van der Waals surface area contributed by atoms with E-state index in [1.165, 1.54) is 0 Å². The van der Waals surface area contributed by atoms with E-state index in [0.29, 0.717) is 16.8 Å². The van der Waals surface area contributed by atoms with Gasteiger partial charge in [-0.2, -0.15) is 0 Å². The SMILES string of the molecule is C=Cc1ccc(-c2ccc(C(=O)Nc3cccc(C(N)=O)c3)cc2)cc1. The van der Waals surface area contributed by atoms with Gasteiger partial charge in [-0.15, -0.1) is 0 Å². The number of anilines is 1. The number of hydrogen-bond acceptors (Lipinski definition) is 2. The van der Waals surface area contributed by atoms with Crippen LogP contribution in [0.3, 0.4) is 0 Å². The van der Waals surface area contributed by atoms with Crippen molar-refractivity contribution >= 4 is 23.6 Å². The Hall–Kier alpha value is -3.66. The van der Waals surface area contributed by atoms with E-state index < -0.39 is 5.91 Å². The maximum absolute atomic E-state index is 12.4. The van der Waals surface area contributed by atoms with E-state index in [4.69, 9.17) is 5.73 Å². The molecule has 3 aromatic carbocycles. The van der Waals surface area contributed by atoms with E-state index in [2.05, 4.69) is 11.9 Å². The Morgan fingerprint density at radius 1 is 0.846 bits per heavy atom. The third-order valence-electron chi connectivity index (χ3n) is 4.03. The lowest BCUT2D eigenvalue weighted by Gasteiger charge is -2.08. The molecule has 3 N–H and O–H groups in total. The van der Waals surface area contributed by atoms with E-state index in [1.807, 2.05) is 36.4 Å². The molecule has 0 unspecified atom stereocenters. The molecule has 0 aliphatic rings. The van der Waals surface area contributed by atoms with Gasteiger partial charge in [0, 0.05) is 16.8 Å². The highest BCUT2D eigenvalue weighted by Crippen LogP contribution is 2.21. The van der Waals surface area contributed by atoms with Gasteiger partial charge in [0.1, 0.15) is 0 Å². The van der Waals surface area contributed by atoms with Crippen molar-refractivity contribution in [2.75, 3.05) is 5.32 Å². The number of amides is 2. The third-order valence-corrected chi connectivity index (χ3v) is 4.03. The molecule has 2 amide bonds. The predicted molar refractivity (Wildman–Crippen MR) is 105 cm³/mol. The minimum Gasteiger partial charge on any atom is -0.366 e. The van der Waals surface area contributed by atoms with Crippen molar-refractivity contribution in [1.29, 1.82) is 0 Å². The average Bonchev–Trinajstić information content (AvgIpc) is 2.68. The second kappa shape index (κ2) is 7.49. The minimum atomic E-state index is -0.534. The molecule has 26 heavy (non-hydrogen) atoms. The molecule has 4 nitrogen and oxygen atoms in total. The molecule has 0 aliphatic heterocycles. The number of hydrogen-bond donors (Lipinski definition) is 2. The van der Waals surface area contributed by atoms with Crippen LogP contribution in [0.4, 0.5) is 5.69 Å². The quantitative estimate of drug-likeness (QED) is 0.723. The molecule has 0 saturated heterocycles. The Morgan fingerprint density at radius 3 is 2.04 bits per heavy atom. The Kier molecular flexibility index (Phi) is 4.94. The molecule has 0 radical (unpaired) electrons. The number of carbonyl (C=O) groups excluding carboxylic acids is 2. The number of primary amides is 1. The van der Waals surface area contributed by atoms with Gasteiger partial charge in [0.2, 0.25) is 5.91 Å². The van der Waals surface area contributed by atoms with Crippen molar-refractivity contribution in [3.8, 4) is 11.1 Å². The molecule has 0 atom stereocenters. The summed E-state index contributed by atoms with van der Waals surface area (Å²) < 4.78 is 0. The zero-order valence-electron chi connectivity index (χ0n) is 14.1. The summed E-state index contributed by atoms with van der Waals surface area (Å²) in [6.45, 7) is 3.74. The summed E-state index contributed by atoms with van der Waals surface area (Å²) in [6.07, 6.45) is 1.80. The Morgan fingerprint density at radius 2 is 1.46 bits per heavy atom. The molecular formula is C22H18N2O2. The van der Waals surface area contributed by atoms with Crippen molar-refractivity contribution in [1.82, 2.24) is 0 Å². The van der Waals surface area contributed by atoms with Crippen LogP contribution in [0.25, 0.3) is 17.2 Å². The van der Waals surface area contributed by atoms with E-state index in [-0.39, 0.29) is 5.91 Å². The summed E-state index contributed by atoms with van der Waals surface area (Å²) >= 11 is 0. The standard InChI is InChI=1S/C22H18N2O2/c1-2-15-6-8-16(9-7-15)17-10-12-18(13-11-17)22(26)24-20-5-3-4-19(14-20)21(23)25/h2-14H,1H2,(H2,23,25)(H,24,26). The van der Waals surface area contributed by atoms with Crippen molar-refractivity contribution in [3.05, 3.63) is 96.1 Å². The van der Waals surface area contributed by atoms with Crippen LogP contribution in [0.5, 0.6) is 0 Å². The van der Waals surface area contributed by atoms with E-state index in [1.54, 1.807) is 42.5 Å². The number of nitrogens with two attached hydrogens (primary N) is 1. The molecule has 4 heteroatoms. The zero-order valence-corrected chi connectivity index (χ0v) is 14.1. The lowest BCUT2D eigenvalue weighted by atomic mass is 10.0. The molecule has 0 aromatic heterocycles. The fraction of sp³-hybridized carbons (Fsp3) is 0. The molecule has 3 aromatic rings. The van der Waals surface area contributed by atoms with Crippen LogP contribution in [-0.4, -0.2) is 11.8 Å². The lowest BCUT2D eigenvalue weighted by molar-refractivity contribution is 0.0996. The summed E-state index contributed by atoms with van der Waals surface area (Å²) in [5.74, 6) is -0.784. The van der Waals surface area contributed by atoms with Crippen LogP contribution in [0.2, 0.25) is 0 Å². The van der Waals surface area contributed by atoms with Gasteiger partial charge in [0.25, 0.3) is 5.91 Å². The average molecular weight is 342 g/mol. The number of rotatable bonds is 5. The van der Waals surface area contributed by atoms with Crippen LogP contribution in [0, 0.1) is 0 Å². The second-order valence-electron chi connectivity index (χ2n) is 5.80. The van der Waals surface area contributed by atoms with Gasteiger partial charge in [-0.05, 0) is 47.0 Å². The van der Waals surface area contributed by atoms with Crippen molar-refractivity contribution in [2.45, 2.75) is 0 Å². The Bertz CT molecular complexity index is 958.